The highest BCUT2D eigenvalue weighted by atomic mass is 16.1. The van der Waals surface area contributed by atoms with E-state index in [0.717, 1.165) is 18.3 Å². The molecule has 3 aliphatic rings. The molecule has 3 fully saturated rings. The van der Waals surface area contributed by atoms with Crippen LogP contribution in [0, 0.1) is 29.1 Å². The Kier molecular flexibility index (Phi) is 1.67. The minimum Gasteiger partial charge on any atom is -0.299 e. The number of carbonyl (C=O) groups is 1. The van der Waals surface area contributed by atoms with Crippen LogP contribution < -0.4 is 0 Å². The van der Waals surface area contributed by atoms with Crippen molar-refractivity contribution < 1.29 is 4.79 Å². The number of hydrogen-bond donors (Lipinski definition) is 0. The predicted molar refractivity (Wildman–Crippen MR) is 55.8 cm³/mol. The van der Waals surface area contributed by atoms with Crippen LogP contribution >= 0.6 is 0 Å². The molecule has 1 nitrogen and oxygen atoms in total. The molecule has 0 bridgehead atoms. The van der Waals surface area contributed by atoms with E-state index in [0.29, 0.717) is 23.0 Å². The van der Waals surface area contributed by atoms with Crippen molar-refractivity contribution in [2.45, 2.75) is 46.0 Å². The lowest BCUT2D eigenvalue weighted by Gasteiger charge is -2.60. The second kappa shape index (κ2) is 2.62. The third-order valence-corrected chi connectivity index (χ3v) is 5.24. The van der Waals surface area contributed by atoms with Gasteiger partial charge < -0.3 is 0 Å². The van der Waals surface area contributed by atoms with Gasteiger partial charge in [-0.1, -0.05) is 20.3 Å². The molecule has 0 N–H and O–H groups in total. The van der Waals surface area contributed by atoms with Crippen LogP contribution in [0.3, 0.4) is 0 Å². The molecule has 1 heteroatoms. The van der Waals surface area contributed by atoms with Gasteiger partial charge in [0.15, 0.2) is 0 Å². The molecule has 3 rings (SSSR count). The first-order valence-electron chi connectivity index (χ1n) is 6.15. The van der Waals surface area contributed by atoms with Crippen molar-refractivity contribution in [2.75, 3.05) is 0 Å². The highest BCUT2D eigenvalue weighted by Gasteiger charge is 2.64. The molecule has 0 aromatic rings. The minimum absolute atomic E-state index is 0.413. The van der Waals surface area contributed by atoms with Gasteiger partial charge in [-0.15, -0.1) is 0 Å². The average molecular weight is 192 g/mol. The maximum Gasteiger partial charge on any atom is 0.137 e. The highest BCUT2D eigenvalue weighted by molar-refractivity contribution is 5.84. The van der Waals surface area contributed by atoms with Crippen LogP contribution in [0.4, 0.5) is 0 Å². The van der Waals surface area contributed by atoms with Crippen LogP contribution in [0.15, 0.2) is 0 Å². The Morgan fingerprint density at radius 3 is 2.93 bits per heavy atom. The Hall–Kier alpha value is -0.330. The zero-order valence-electron chi connectivity index (χ0n) is 9.25. The summed E-state index contributed by atoms with van der Waals surface area (Å²) in [7, 11) is 0. The first-order valence-corrected chi connectivity index (χ1v) is 6.15. The number of hydrogen-bond acceptors (Lipinski definition) is 1. The Balaban J connectivity index is 1.92. The van der Waals surface area contributed by atoms with E-state index in [4.69, 9.17) is 0 Å². The summed E-state index contributed by atoms with van der Waals surface area (Å²) in [6.45, 7) is 4.64. The van der Waals surface area contributed by atoms with E-state index in [1.807, 2.05) is 0 Å². The van der Waals surface area contributed by atoms with Crippen molar-refractivity contribution in [3.05, 3.63) is 0 Å². The van der Waals surface area contributed by atoms with E-state index >= 15 is 0 Å². The molecule has 5 atom stereocenters. The molecule has 0 amide bonds. The number of Topliss-reactive ketones (excluding diaryl/α,β-unsaturated/α-hetero) is 1. The van der Waals surface area contributed by atoms with Gasteiger partial charge in [-0.3, -0.25) is 4.79 Å². The Morgan fingerprint density at radius 1 is 1.36 bits per heavy atom. The third-order valence-electron chi connectivity index (χ3n) is 5.24. The van der Waals surface area contributed by atoms with E-state index < -0.39 is 0 Å². The van der Waals surface area contributed by atoms with Crippen LogP contribution in [0.2, 0.25) is 0 Å². The number of carbonyl (C=O) groups excluding carboxylic acids is 1. The lowest BCUT2D eigenvalue weighted by atomic mass is 9.43. The fraction of sp³-hybridized carbons (Fsp3) is 0.923. The third kappa shape index (κ3) is 0.888. The Labute approximate surface area is 86.3 Å². The van der Waals surface area contributed by atoms with Crippen LogP contribution in [0.1, 0.15) is 46.0 Å². The van der Waals surface area contributed by atoms with Crippen LogP contribution in [0.5, 0.6) is 0 Å². The average Bonchev–Trinajstić information content (AvgIpc) is 2.47. The maximum absolute atomic E-state index is 12.0. The van der Waals surface area contributed by atoms with Gasteiger partial charge in [0.25, 0.3) is 0 Å². The molecule has 78 valence electrons. The van der Waals surface area contributed by atoms with Crippen molar-refractivity contribution in [1.29, 1.82) is 0 Å². The molecule has 3 saturated carbocycles. The van der Waals surface area contributed by atoms with Crippen molar-refractivity contribution >= 4 is 5.78 Å². The highest BCUT2D eigenvalue weighted by Crippen LogP contribution is 2.67. The first kappa shape index (κ1) is 8.94. The van der Waals surface area contributed by atoms with Crippen LogP contribution in [-0.2, 0) is 4.79 Å². The summed E-state index contributed by atoms with van der Waals surface area (Å²) >= 11 is 0. The molecule has 0 saturated heterocycles. The van der Waals surface area contributed by atoms with Crippen molar-refractivity contribution in [2.24, 2.45) is 29.1 Å². The minimum atomic E-state index is 0.413. The first-order chi connectivity index (χ1) is 6.63. The summed E-state index contributed by atoms with van der Waals surface area (Å²) in [5.74, 6) is 3.39. The molecule has 0 spiro atoms. The lowest BCUT2D eigenvalue weighted by Crippen LogP contribution is -2.59. The van der Waals surface area contributed by atoms with Gasteiger partial charge in [-0.2, -0.15) is 0 Å². The van der Waals surface area contributed by atoms with Crippen molar-refractivity contribution in [3.8, 4) is 0 Å². The summed E-state index contributed by atoms with van der Waals surface area (Å²) in [6, 6.07) is 0. The zero-order chi connectivity index (χ0) is 9.92. The number of fused-ring (bicyclic) bond motifs is 4. The lowest BCUT2D eigenvalue weighted by molar-refractivity contribution is -0.165. The summed E-state index contributed by atoms with van der Waals surface area (Å²) in [4.78, 5) is 12.0. The van der Waals surface area contributed by atoms with E-state index in [1.165, 1.54) is 25.7 Å². The van der Waals surface area contributed by atoms with E-state index in [9.17, 15) is 4.79 Å². The van der Waals surface area contributed by atoms with Crippen molar-refractivity contribution in [3.63, 3.8) is 0 Å². The molecule has 0 aromatic carbocycles. The smallest absolute Gasteiger partial charge is 0.137 e. The van der Waals surface area contributed by atoms with Gasteiger partial charge in [0.1, 0.15) is 5.78 Å². The van der Waals surface area contributed by atoms with Crippen LogP contribution in [-0.4, -0.2) is 5.78 Å². The SMILES string of the molecule is CC1CC(=O)C2C3CCCC3C2(C)C1. The second-order valence-corrected chi connectivity index (χ2v) is 6.16. The predicted octanol–water partition coefficient (Wildman–Crippen LogP) is 3.04. The summed E-state index contributed by atoms with van der Waals surface area (Å²) in [5.41, 5.74) is 0.413. The largest absolute Gasteiger partial charge is 0.299 e. The molecule has 0 aliphatic heterocycles. The fourth-order valence-corrected chi connectivity index (χ4v) is 4.99. The van der Waals surface area contributed by atoms with Crippen molar-refractivity contribution in [1.82, 2.24) is 0 Å². The monoisotopic (exact) mass is 192 g/mol. The quantitative estimate of drug-likeness (QED) is 0.576. The van der Waals surface area contributed by atoms with Gasteiger partial charge in [0.2, 0.25) is 0 Å². The van der Waals surface area contributed by atoms with Gasteiger partial charge in [0.05, 0.1) is 0 Å². The van der Waals surface area contributed by atoms with Gasteiger partial charge in [0, 0.05) is 12.3 Å². The fourth-order valence-electron chi connectivity index (χ4n) is 4.99. The van der Waals surface area contributed by atoms with Gasteiger partial charge in [-0.25, -0.2) is 0 Å². The van der Waals surface area contributed by atoms with Crippen LogP contribution in [0.25, 0.3) is 0 Å². The topological polar surface area (TPSA) is 17.1 Å². The Bertz CT molecular complexity index is 283. The molecule has 5 unspecified atom stereocenters. The van der Waals surface area contributed by atoms with Gasteiger partial charge in [-0.05, 0) is 42.4 Å². The van der Waals surface area contributed by atoms with E-state index in [-0.39, 0.29) is 0 Å². The summed E-state index contributed by atoms with van der Waals surface area (Å²) in [6.07, 6.45) is 6.29. The molecule has 0 radical (unpaired) electrons. The van der Waals surface area contributed by atoms with E-state index in [2.05, 4.69) is 13.8 Å². The molecule has 0 aromatic heterocycles. The van der Waals surface area contributed by atoms with E-state index in [1.54, 1.807) is 0 Å². The maximum atomic E-state index is 12.0. The molecule has 14 heavy (non-hydrogen) atoms. The molecule has 3 aliphatic carbocycles. The molecular formula is C13H20O. The summed E-state index contributed by atoms with van der Waals surface area (Å²) < 4.78 is 0. The number of ketones is 1. The zero-order valence-corrected chi connectivity index (χ0v) is 9.25. The summed E-state index contributed by atoms with van der Waals surface area (Å²) in [5, 5.41) is 0. The normalized spacial score (nSPS) is 56.3. The standard InChI is InChI=1S/C13H20O/c1-8-6-11(14)12-9-4-3-5-10(9)13(12,2)7-8/h8-10,12H,3-7H2,1-2H3. The molecule has 0 heterocycles. The Morgan fingerprint density at radius 2 is 2.14 bits per heavy atom. The molecular weight excluding hydrogens is 172 g/mol. The van der Waals surface area contributed by atoms with Gasteiger partial charge >= 0.3 is 0 Å². The number of rotatable bonds is 0. The second-order valence-electron chi connectivity index (χ2n) is 6.16.